The second-order valence-electron chi connectivity index (χ2n) is 3.54. The summed E-state index contributed by atoms with van der Waals surface area (Å²) < 4.78 is 0. The van der Waals surface area contributed by atoms with Crippen molar-refractivity contribution in [2.24, 2.45) is 0 Å². The molecule has 1 N–H and O–H groups in total. The van der Waals surface area contributed by atoms with Crippen LogP contribution in [0.25, 0.3) is 0 Å². The molecular formula is C11H13N3OS2. The predicted molar refractivity (Wildman–Crippen MR) is 70.8 cm³/mol. The fourth-order valence-electron chi connectivity index (χ4n) is 1.30. The van der Waals surface area contributed by atoms with E-state index in [0.29, 0.717) is 10.0 Å². The third kappa shape index (κ3) is 3.34. The van der Waals surface area contributed by atoms with Crippen LogP contribution in [0.3, 0.4) is 0 Å². The van der Waals surface area contributed by atoms with Crippen LogP contribution in [-0.2, 0) is 6.42 Å². The second kappa shape index (κ2) is 5.88. The minimum atomic E-state index is -0.113. The van der Waals surface area contributed by atoms with E-state index in [9.17, 15) is 4.79 Å². The van der Waals surface area contributed by atoms with Crippen molar-refractivity contribution in [2.45, 2.75) is 26.2 Å². The summed E-state index contributed by atoms with van der Waals surface area (Å²) in [6.45, 7) is 2.14. The summed E-state index contributed by atoms with van der Waals surface area (Å²) in [4.78, 5) is 12.4. The standard InChI is InChI=1S/C11H13N3OS2/c1-2-3-6-9-13-14-11(17-9)12-10(15)8-5-4-7-16-8/h4-5,7H,2-3,6H2,1H3,(H,12,14,15). The van der Waals surface area contributed by atoms with Gasteiger partial charge in [0.25, 0.3) is 5.91 Å². The molecule has 0 radical (unpaired) electrons. The average molecular weight is 267 g/mol. The molecule has 0 fully saturated rings. The van der Waals surface area contributed by atoms with Crippen molar-refractivity contribution in [1.29, 1.82) is 0 Å². The van der Waals surface area contributed by atoms with Crippen LogP contribution in [0.1, 0.15) is 34.4 Å². The molecule has 0 aliphatic rings. The van der Waals surface area contributed by atoms with Gasteiger partial charge in [-0.3, -0.25) is 10.1 Å². The Bertz CT molecular complexity index is 479. The average Bonchev–Trinajstić information content (AvgIpc) is 2.97. The zero-order valence-electron chi connectivity index (χ0n) is 9.47. The number of hydrogen-bond acceptors (Lipinski definition) is 5. The van der Waals surface area contributed by atoms with Gasteiger partial charge < -0.3 is 0 Å². The van der Waals surface area contributed by atoms with E-state index >= 15 is 0 Å². The smallest absolute Gasteiger partial charge is 0.267 e. The van der Waals surface area contributed by atoms with Crippen LogP contribution in [0.4, 0.5) is 5.13 Å². The van der Waals surface area contributed by atoms with Crippen molar-refractivity contribution < 1.29 is 4.79 Å². The topological polar surface area (TPSA) is 54.9 Å². The third-order valence-electron chi connectivity index (χ3n) is 2.18. The van der Waals surface area contributed by atoms with Gasteiger partial charge in [-0.15, -0.1) is 21.5 Å². The SMILES string of the molecule is CCCCc1nnc(NC(=O)c2cccs2)s1. The van der Waals surface area contributed by atoms with Crippen LogP contribution in [-0.4, -0.2) is 16.1 Å². The number of amides is 1. The molecule has 0 atom stereocenters. The second-order valence-corrected chi connectivity index (χ2v) is 5.55. The summed E-state index contributed by atoms with van der Waals surface area (Å²) in [5, 5.41) is 14.2. The number of unbranched alkanes of at least 4 members (excludes halogenated alkanes) is 1. The molecule has 0 aliphatic carbocycles. The molecule has 2 aromatic heterocycles. The molecule has 0 aromatic carbocycles. The first-order chi connectivity index (χ1) is 8.29. The van der Waals surface area contributed by atoms with Crippen molar-refractivity contribution in [2.75, 3.05) is 5.32 Å². The number of aryl methyl sites for hydroxylation is 1. The zero-order chi connectivity index (χ0) is 12.1. The van der Waals surface area contributed by atoms with Crippen LogP contribution in [0, 0.1) is 0 Å². The van der Waals surface area contributed by atoms with Crippen molar-refractivity contribution in [3.05, 3.63) is 27.4 Å². The highest BCUT2D eigenvalue weighted by Gasteiger charge is 2.10. The lowest BCUT2D eigenvalue weighted by molar-refractivity contribution is 0.103. The van der Waals surface area contributed by atoms with Crippen LogP contribution in [0.15, 0.2) is 17.5 Å². The highest BCUT2D eigenvalue weighted by molar-refractivity contribution is 7.15. The summed E-state index contributed by atoms with van der Waals surface area (Å²) >= 11 is 2.86. The first kappa shape index (κ1) is 12.2. The molecule has 1 amide bonds. The molecule has 90 valence electrons. The molecule has 2 rings (SSSR count). The molecule has 6 heteroatoms. The maximum atomic E-state index is 11.7. The summed E-state index contributed by atoms with van der Waals surface area (Å²) in [5.74, 6) is -0.113. The van der Waals surface area contributed by atoms with Gasteiger partial charge >= 0.3 is 0 Å². The zero-order valence-corrected chi connectivity index (χ0v) is 11.1. The Kier molecular flexibility index (Phi) is 4.22. The first-order valence-electron chi connectivity index (χ1n) is 5.47. The van der Waals surface area contributed by atoms with Gasteiger partial charge in [0.2, 0.25) is 5.13 Å². The molecule has 2 aromatic rings. The molecule has 0 unspecified atom stereocenters. The van der Waals surface area contributed by atoms with E-state index in [2.05, 4.69) is 22.4 Å². The van der Waals surface area contributed by atoms with E-state index in [1.807, 2.05) is 11.4 Å². The number of hydrogen-bond donors (Lipinski definition) is 1. The maximum Gasteiger partial charge on any atom is 0.267 e. The molecule has 17 heavy (non-hydrogen) atoms. The van der Waals surface area contributed by atoms with E-state index in [1.54, 1.807) is 6.07 Å². The van der Waals surface area contributed by atoms with Crippen LogP contribution < -0.4 is 5.32 Å². The van der Waals surface area contributed by atoms with Crippen LogP contribution in [0.5, 0.6) is 0 Å². The number of carbonyl (C=O) groups excluding carboxylic acids is 1. The number of nitrogens with one attached hydrogen (secondary N) is 1. The Morgan fingerprint density at radius 3 is 3.06 bits per heavy atom. The number of anilines is 1. The molecule has 0 aliphatic heterocycles. The number of thiophene rings is 1. The number of carbonyl (C=O) groups is 1. The van der Waals surface area contributed by atoms with Crippen molar-refractivity contribution >= 4 is 33.7 Å². The quantitative estimate of drug-likeness (QED) is 0.905. The maximum absolute atomic E-state index is 11.7. The Morgan fingerprint density at radius 2 is 2.35 bits per heavy atom. The number of nitrogens with zero attached hydrogens (tertiary/aromatic N) is 2. The lowest BCUT2D eigenvalue weighted by Gasteiger charge is -1.96. The van der Waals surface area contributed by atoms with Gasteiger partial charge in [0.05, 0.1) is 4.88 Å². The summed E-state index contributed by atoms with van der Waals surface area (Å²) in [6, 6.07) is 3.64. The normalized spacial score (nSPS) is 10.4. The van der Waals surface area contributed by atoms with Crippen LogP contribution in [0.2, 0.25) is 0 Å². The van der Waals surface area contributed by atoms with Gasteiger partial charge in [0.15, 0.2) is 0 Å². The molecule has 0 spiro atoms. The number of aromatic nitrogens is 2. The van der Waals surface area contributed by atoms with Gasteiger partial charge in [-0.2, -0.15) is 0 Å². The molecule has 4 nitrogen and oxygen atoms in total. The molecule has 0 bridgehead atoms. The van der Waals surface area contributed by atoms with Crippen molar-refractivity contribution in [3.63, 3.8) is 0 Å². The van der Waals surface area contributed by atoms with E-state index in [1.165, 1.54) is 22.7 Å². The van der Waals surface area contributed by atoms with E-state index in [-0.39, 0.29) is 5.91 Å². The van der Waals surface area contributed by atoms with Gasteiger partial charge in [-0.05, 0) is 17.9 Å². The third-order valence-corrected chi connectivity index (χ3v) is 3.94. The van der Waals surface area contributed by atoms with Gasteiger partial charge in [0, 0.05) is 6.42 Å². The Morgan fingerprint density at radius 1 is 1.47 bits per heavy atom. The highest BCUT2D eigenvalue weighted by atomic mass is 32.1. The lowest BCUT2D eigenvalue weighted by atomic mass is 10.3. The van der Waals surface area contributed by atoms with Gasteiger partial charge in [-0.1, -0.05) is 30.7 Å². The Hall–Kier alpha value is -1.27. The molecule has 0 saturated carbocycles. The molecular weight excluding hydrogens is 254 g/mol. The predicted octanol–water partition coefficient (Wildman–Crippen LogP) is 3.19. The highest BCUT2D eigenvalue weighted by Crippen LogP contribution is 2.19. The summed E-state index contributed by atoms with van der Waals surface area (Å²) in [7, 11) is 0. The van der Waals surface area contributed by atoms with Crippen molar-refractivity contribution in [3.8, 4) is 0 Å². The largest absolute Gasteiger partial charge is 0.296 e. The summed E-state index contributed by atoms with van der Waals surface area (Å²) in [5.41, 5.74) is 0. The fourth-order valence-corrected chi connectivity index (χ4v) is 2.70. The van der Waals surface area contributed by atoms with Crippen molar-refractivity contribution in [1.82, 2.24) is 10.2 Å². The lowest BCUT2D eigenvalue weighted by Crippen LogP contribution is -2.09. The first-order valence-corrected chi connectivity index (χ1v) is 7.16. The molecule has 0 saturated heterocycles. The fraction of sp³-hybridized carbons (Fsp3) is 0.364. The van der Waals surface area contributed by atoms with E-state index in [0.717, 1.165) is 24.3 Å². The van der Waals surface area contributed by atoms with Gasteiger partial charge in [0.1, 0.15) is 5.01 Å². The monoisotopic (exact) mass is 267 g/mol. The van der Waals surface area contributed by atoms with Crippen LogP contribution >= 0.6 is 22.7 Å². The molecule has 2 heterocycles. The minimum Gasteiger partial charge on any atom is -0.296 e. The van der Waals surface area contributed by atoms with E-state index in [4.69, 9.17) is 0 Å². The van der Waals surface area contributed by atoms with Gasteiger partial charge in [-0.25, -0.2) is 0 Å². The minimum absolute atomic E-state index is 0.113. The Balaban J connectivity index is 1.95. The summed E-state index contributed by atoms with van der Waals surface area (Å²) in [6.07, 6.45) is 3.17. The number of rotatable bonds is 5. The van der Waals surface area contributed by atoms with E-state index < -0.39 is 0 Å². The Labute approximate surface area is 108 Å².